The van der Waals surface area contributed by atoms with Gasteiger partial charge in [0.15, 0.2) is 6.61 Å². The summed E-state index contributed by atoms with van der Waals surface area (Å²) in [5.74, 6) is -0.171. The number of ether oxygens (including phenoxy) is 1. The number of hydrogen-bond acceptors (Lipinski definition) is 6. The van der Waals surface area contributed by atoms with Crippen LogP contribution in [0.2, 0.25) is 0 Å². The number of rotatable bonds is 6. The molecule has 0 aliphatic carbocycles. The van der Waals surface area contributed by atoms with Crippen LogP contribution in [0.4, 0.5) is 19.1 Å². The van der Waals surface area contributed by atoms with Crippen LogP contribution >= 0.6 is 0 Å². The molecule has 0 aromatic carbocycles. The molecule has 2 aromatic rings. The van der Waals surface area contributed by atoms with E-state index in [0.29, 0.717) is 22.8 Å². The Kier molecular flexibility index (Phi) is 6.19. The molecule has 10 heteroatoms. The first kappa shape index (κ1) is 20.4. The molecule has 27 heavy (non-hydrogen) atoms. The molecule has 0 aliphatic heterocycles. The Labute approximate surface area is 154 Å². The van der Waals surface area contributed by atoms with Crippen LogP contribution in [-0.4, -0.2) is 40.7 Å². The summed E-state index contributed by atoms with van der Waals surface area (Å²) in [4.78, 5) is 24.6. The summed E-state index contributed by atoms with van der Waals surface area (Å²) in [6.07, 6.45) is -3.07. The Morgan fingerprint density at radius 1 is 1.26 bits per heavy atom. The molecular weight excluding hydrogens is 363 g/mol. The maximum Gasteiger partial charge on any atom is 0.422 e. The number of alkyl halides is 3. The SMILES string of the molecule is CNc1nc(C)cc(C(=O)NC(C)c2cnc(OCC(F)(F)F)c(C)c2)n1. The van der Waals surface area contributed by atoms with Crippen LogP contribution in [0.25, 0.3) is 0 Å². The third kappa shape index (κ3) is 5.80. The van der Waals surface area contributed by atoms with E-state index in [-0.39, 0.29) is 11.6 Å². The first-order valence-electron chi connectivity index (χ1n) is 8.09. The summed E-state index contributed by atoms with van der Waals surface area (Å²) in [6.45, 7) is 3.66. The van der Waals surface area contributed by atoms with Crippen molar-refractivity contribution >= 4 is 11.9 Å². The molecule has 2 N–H and O–H groups in total. The van der Waals surface area contributed by atoms with Crippen molar-refractivity contribution in [1.82, 2.24) is 20.3 Å². The zero-order valence-electron chi connectivity index (χ0n) is 15.3. The van der Waals surface area contributed by atoms with Gasteiger partial charge in [0.05, 0.1) is 6.04 Å². The van der Waals surface area contributed by atoms with E-state index < -0.39 is 24.7 Å². The molecule has 2 aromatic heterocycles. The van der Waals surface area contributed by atoms with Gasteiger partial charge in [-0.25, -0.2) is 15.0 Å². The Hall–Kier alpha value is -2.91. The molecule has 0 radical (unpaired) electrons. The van der Waals surface area contributed by atoms with E-state index in [1.54, 1.807) is 40.0 Å². The highest BCUT2D eigenvalue weighted by atomic mass is 19.4. The number of hydrogen-bond donors (Lipinski definition) is 2. The molecule has 0 aliphatic rings. The summed E-state index contributed by atoms with van der Waals surface area (Å²) in [6, 6.07) is 2.74. The van der Waals surface area contributed by atoms with Crippen LogP contribution in [0.1, 0.15) is 40.3 Å². The van der Waals surface area contributed by atoms with E-state index in [1.807, 2.05) is 0 Å². The van der Waals surface area contributed by atoms with Gasteiger partial charge in [-0.2, -0.15) is 13.2 Å². The van der Waals surface area contributed by atoms with Gasteiger partial charge in [-0.1, -0.05) is 0 Å². The third-order valence-corrected chi connectivity index (χ3v) is 3.58. The van der Waals surface area contributed by atoms with Crippen LogP contribution in [0.15, 0.2) is 18.3 Å². The summed E-state index contributed by atoms with van der Waals surface area (Å²) in [5.41, 5.74) is 1.90. The number of halogens is 3. The van der Waals surface area contributed by atoms with Crippen LogP contribution < -0.4 is 15.4 Å². The summed E-state index contributed by atoms with van der Waals surface area (Å²) >= 11 is 0. The number of pyridine rings is 1. The van der Waals surface area contributed by atoms with Crippen LogP contribution in [-0.2, 0) is 0 Å². The van der Waals surface area contributed by atoms with E-state index in [1.165, 1.54) is 6.20 Å². The number of aryl methyl sites for hydroxylation is 2. The molecule has 0 fully saturated rings. The fraction of sp³-hybridized carbons (Fsp3) is 0.412. The Morgan fingerprint density at radius 2 is 1.96 bits per heavy atom. The minimum atomic E-state index is -4.43. The van der Waals surface area contributed by atoms with E-state index in [2.05, 4.69) is 30.3 Å². The number of nitrogens with zero attached hydrogens (tertiary/aromatic N) is 3. The normalized spacial score (nSPS) is 12.4. The Bertz CT molecular complexity index is 827. The highest BCUT2D eigenvalue weighted by Crippen LogP contribution is 2.22. The average molecular weight is 383 g/mol. The molecule has 0 saturated carbocycles. The first-order chi connectivity index (χ1) is 12.6. The van der Waals surface area contributed by atoms with Crippen LogP contribution in [0, 0.1) is 13.8 Å². The smallest absolute Gasteiger partial charge is 0.422 e. The Balaban J connectivity index is 2.09. The zero-order valence-corrected chi connectivity index (χ0v) is 15.3. The number of aromatic nitrogens is 3. The number of nitrogens with one attached hydrogen (secondary N) is 2. The lowest BCUT2D eigenvalue weighted by molar-refractivity contribution is -0.154. The minimum Gasteiger partial charge on any atom is -0.468 e. The maximum atomic E-state index is 12.4. The van der Waals surface area contributed by atoms with Gasteiger partial charge in [0.25, 0.3) is 5.91 Å². The van der Waals surface area contributed by atoms with Crippen molar-refractivity contribution in [3.63, 3.8) is 0 Å². The predicted molar refractivity (Wildman–Crippen MR) is 92.7 cm³/mol. The molecule has 0 bridgehead atoms. The van der Waals surface area contributed by atoms with E-state index in [0.717, 1.165) is 0 Å². The lowest BCUT2D eigenvalue weighted by Gasteiger charge is -2.16. The summed E-state index contributed by atoms with van der Waals surface area (Å²) in [7, 11) is 1.65. The molecule has 146 valence electrons. The summed E-state index contributed by atoms with van der Waals surface area (Å²) < 4.78 is 41.4. The number of carbonyl (C=O) groups excluding carboxylic acids is 1. The second-order valence-electron chi connectivity index (χ2n) is 5.96. The van der Waals surface area contributed by atoms with Crippen molar-refractivity contribution in [3.05, 3.63) is 40.8 Å². The largest absolute Gasteiger partial charge is 0.468 e. The molecule has 1 atom stereocenters. The second kappa shape index (κ2) is 8.19. The highest BCUT2D eigenvalue weighted by molar-refractivity contribution is 5.92. The molecule has 0 spiro atoms. The topological polar surface area (TPSA) is 89.0 Å². The van der Waals surface area contributed by atoms with Crippen molar-refractivity contribution in [1.29, 1.82) is 0 Å². The number of anilines is 1. The van der Waals surface area contributed by atoms with Crippen molar-refractivity contribution in [3.8, 4) is 5.88 Å². The number of carbonyl (C=O) groups is 1. The molecular formula is C17H20F3N5O2. The number of amides is 1. The summed E-state index contributed by atoms with van der Waals surface area (Å²) in [5, 5.41) is 5.55. The minimum absolute atomic E-state index is 0.0975. The van der Waals surface area contributed by atoms with Crippen molar-refractivity contribution in [2.24, 2.45) is 0 Å². The monoisotopic (exact) mass is 383 g/mol. The fourth-order valence-corrected chi connectivity index (χ4v) is 2.27. The predicted octanol–water partition coefficient (Wildman–Crippen LogP) is 2.96. The molecule has 1 amide bonds. The standard InChI is InChI=1S/C17H20F3N5O2/c1-9-5-12(7-22-15(9)27-8-17(18,19)20)11(3)24-14(26)13-6-10(2)23-16(21-4)25-13/h5-7,11H,8H2,1-4H3,(H,24,26)(H,21,23,25). The molecule has 0 saturated heterocycles. The molecule has 2 heterocycles. The van der Waals surface area contributed by atoms with Gasteiger partial charge < -0.3 is 15.4 Å². The van der Waals surface area contributed by atoms with Gasteiger partial charge >= 0.3 is 6.18 Å². The van der Waals surface area contributed by atoms with Crippen LogP contribution in [0.5, 0.6) is 5.88 Å². The highest BCUT2D eigenvalue weighted by Gasteiger charge is 2.29. The van der Waals surface area contributed by atoms with Crippen molar-refractivity contribution in [2.75, 3.05) is 19.0 Å². The lowest BCUT2D eigenvalue weighted by Crippen LogP contribution is -2.28. The third-order valence-electron chi connectivity index (χ3n) is 3.58. The fourth-order valence-electron chi connectivity index (χ4n) is 2.27. The maximum absolute atomic E-state index is 12.4. The van der Waals surface area contributed by atoms with Gasteiger partial charge in [-0.05, 0) is 38.5 Å². The zero-order chi connectivity index (χ0) is 20.2. The van der Waals surface area contributed by atoms with Crippen molar-refractivity contribution in [2.45, 2.75) is 33.0 Å². The molecule has 1 unspecified atom stereocenters. The van der Waals surface area contributed by atoms with Gasteiger partial charge in [0.1, 0.15) is 5.69 Å². The molecule has 2 rings (SSSR count). The first-order valence-corrected chi connectivity index (χ1v) is 8.09. The van der Waals surface area contributed by atoms with E-state index in [4.69, 9.17) is 0 Å². The van der Waals surface area contributed by atoms with E-state index >= 15 is 0 Å². The lowest BCUT2D eigenvalue weighted by atomic mass is 10.1. The van der Waals surface area contributed by atoms with Gasteiger partial charge in [-0.3, -0.25) is 4.79 Å². The Morgan fingerprint density at radius 3 is 2.56 bits per heavy atom. The van der Waals surface area contributed by atoms with Crippen molar-refractivity contribution < 1.29 is 22.7 Å². The second-order valence-corrected chi connectivity index (χ2v) is 5.96. The van der Waals surface area contributed by atoms with Gasteiger partial charge in [0.2, 0.25) is 11.8 Å². The van der Waals surface area contributed by atoms with Gasteiger partial charge in [0, 0.05) is 24.5 Å². The van der Waals surface area contributed by atoms with Gasteiger partial charge in [-0.15, -0.1) is 0 Å². The van der Waals surface area contributed by atoms with E-state index in [9.17, 15) is 18.0 Å². The van der Waals surface area contributed by atoms with Crippen LogP contribution in [0.3, 0.4) is 0 Å². The quantitative estimate of drug-likeness (QED) is 0.797. The molecule has 7 nitrogen and oxygen atoms in total. The average Bonchev–Trinajstić information content (AvgIpc) is 2.59.